The van der Waals surface area contributed by atoms with Crippen molar-refractivity contribution in [3.05, 3.63) is 12.3 Å². The quantitative estimate of drug-likeness (QED) is 0.336. The predicted molar refractivity (Wildman–Crippen MR) is 36.2 cm³/mol. The molecule has 0 bridgehead atoms. The van der Waals surface area contributed by atoms with Gasteiger partial charge < -0.3 is 4.74 Å². The van der Waals surface area contributed by atoms with E-state index in [0.29, 0.717) is 0 Å². The Hall–Kier alpha value is -1.12. The molecule has 0 aromatic carbocycles. The monoisotopic (exact) mass is 142 g/mol. The molecule has 0 heterocycles. The van der Waals surface area contributed by atoms with Crippen molar-refractivity contribution in [1.82, 2.24) is 0 Å². The van der Waals surface area contributed by atoms with Crippen molar-refractivity contribution in [3.63, 3.8) is 0 Å². The lowest BCUT2D eigenvalue weighted by Gasteiger charge is -1.90. The first-order valence-electron chi connectivity index (χ1n) is 3.05. The topological polar surface area (TPSA) is 43.4 Å². The predicted octanol–water partition coefficient (Wildman–Crippen LogP) is 1.04. The maximum Gasteiger partial charge on any atom is 0.379 e. The Morgan fingerprint density at radius 2 is 2.10 bits per heavy atom. The van der Waals surface area contributed by atoms with E-state index in [4.69, 9.17) is 0 Å². The fourth-order valence-corrected chi connectivity index (χ4v) is 0.289. The van der Waals surface area contributed by atoms with Crippen molar-refractivity contribution in [2.24, 2.45) is 0 Å². The first kappa shape index (κ1) is 8.88. The van der Waals surface area contributed by atoms with Gasteiger partial charge >= 0.3 is 5.97 Å². The van der Waals surface area contributed by atoms with Gasteiger partial charge in [-0.15, -0.1) is 0 Å². The van der Waals surface area contributed by atoms with Crippen LogP contribution in [0.15, 0.2) is 12.3 Å². The van der Waals surface area contributed by atoms with Gasteiger partial charge in [0.15, 0.2) is 0 Å². The minimum atomic E-state index is -0.815. The summed E-state index contributed by atoms with van der Waals surface area (Å²) in [7, 11) is 0. The van der Waals surface area contributed by atoms with Crippen LogP contribution in [-0.4, -0.2) is 11.8 Å². The van der Waals surface area contributed by atoms with Crippen LogP contribution in [0.5, 0.6) is 0 Å². The second-order valence-corrected chi connectivity index (χ2v) is 1.74. The zero-order valence-electron chi connectivity index (χ0n) is 6.09. The number of allylic oxidation sites excluding steroid dienone is 1. The SMILES string of the molecule is CC/C=C/OC(=O)C(C)=O. The molecule has 0 aliphatic heterocycles. The van der Waals surface area contributed by atoms with Crippen molar-refractivity contribution >= 4 is 11.8 Å². The molecule has 3 heteroatoms. The van der Waals surface area contributed by atoms with E-state index in [2.05, 4.69) is 4.74 Å². The number of rotatable bonds is 3. The van der Waals surface area contributed by atoms with Gasteiger partial charge in [0.2, 0.25) is 5.78 Å². The molecule has 0 saturated heterocycles. The lowest BCUT2D eigenvalue weighted by Crippen LogP contribution is -2.09. The second-order valence-electron chi connectivity index (χ2n) is 1.74. The summed E-state index contributed by atoms with van der Waals surface area (Å²) in [5.41, 5.74) is 0. The Bertz CT molecular complexity index is 158. The number of hydrogen-bond donors (Lipinski definition) is 0. The Kier molecular flexibility index (Phi) is 4.20. The van der Waals surface area contributed by atoms with Crippen LogP contribution >= 0.6 is 0 Å². The van der Waals surface area contributed by atoms with Crippen LogP contribution in [-0.2, 0) is 14.3 Å². The highest BCUT2D eigenvalue weighted by molar-refractivity contribution is 6.32. The maximum absolute atomic E-state index is 10.4. The van der Waals surface area contributed by atoms with E-state index in [1.807, 2.05) is 6.92 Å². The van der Waals surface area contributed by atoms with Crippen molar-refractivity contribution in [2.75, 3.05) is 0 Å². The molecule has 0 N–H and O–H groups in total. The summed E-state index contributed by atoms with van der Waals surface area (Å²) in [6.45, 7) is 3.07. The smallest absolute Gasteiger partial charge is 0.379 e. The highest BCUT2D eigenvalue weighted by atomic mass is 16.5. The van der Waals surface area contributed by atoms with E-state index in [1.165, 1.54) is 13.2 Å². The average molecular weight is 142 g/mol. The molecular formula is C7H10O3. The number of carbonyl (C=O) groups excluding carboxylic acids is 2. The number of carbonyl (C=O) groups is 2. The van der Waals surface area contributed by atoms with Gasteiger partial charge in [0.1, 0.15) is 0 Å². The van der Waals surface area contributed by atoms with Crippen LogP contribution in [0.3, 0.4) is 0 Å². The Morgan fingerprint density at radius 1 is 1.50 bits per heavy atom. The molecular weight excluding hydrogens is 132 g/mol. The summed E-state index contributed by atoms with van der Waals surface area (Å²) in [5.74, 6) is -1.40. The zero-order chi connectivity index (χ0) is 7.98. The zero-order valence-corrected chi connectivity index (χ0v) is 6.09. The molecule has 0 atom stereocenters. The Balaban J connectivity index is 3.60. The third-order valence-corrected chi connectivity index (χ3v) is 0.794. The number of esters is 1. The largest absolute Gasteiger partial charge is 0.429 e. The van der Waals surface area contributed by atoms with Gasteiger partial charge in [-0.25, -0.2) is 4.79 Å². The number of ether oxygens (including phenoxy) is 1. The van der Waals surface area contributed by atoms with Crippen LogP contribution in [0.4, 0.5) is 0 Å². The van der Waals surface area contributed by atoms with E-state index in [-0.39, 0.29) is 0 Å². The molecule has 3 nitrogen and oxygen atoms in total. The van der Waals surface area contributed by atoms with Crippen LogP contribution in [0.1, 0.15) is 20.3 Å². The summed E-state index contributed by atoms with van der Waals surface area (Å²) in [5, 5.41) is 0. The normalized spacial score (nSPS) is 9.80. The van der Waals surface area contributed by atoms with Crippen LogP contribution in [0.2, 0.25) is 0 Å². The lowest BCUT2D eigenvalue weighted by molar-refractivity contribution is -0.148. The molecule has 0 radical (unpaired) electrons. The van der Waals surface area contributed by atoms with Gasteiger partial charge in [0.05, 0.1) is 6.26 Å². The van der Waals surface area contributed by atoms with Crippen LogP contribution in [0.25, 0.3) is 0 Å². The number of Topliss-reactive ketones (excluding diaryl/α,β-unsaturated/α-hetero) is 1. The van der Waals surface area contributed by atoms with Crippen molar-refractivity contribution in [2.45, 2.75) is 20.3 Å². The molecule has 0 aromatic rings. The Morgan fingerprint density at radius 3 is 2.50 bits per heavy atom. The molecule has 0 spiro atoms. The van der Waals surface area contributed by atoms with Crippen molar-refractivity contribution < 1.29 is 14.3 Å². The van der Waals surface area contributed by atoms with E-state index >= 15 is 0 Å². The van der Waals surface area contributed by atoms with Crippen molar-refractivity contribution in [1.29, 1.82) is 0 Å². The van der Waals surface area contributed by atoms with Crippen molar-refractivity contribution in [3.8, 4) is 0 Å². The van der Waals surface area contributed by atoms with Gasteiger partial charge in [0.25, 0.3) is 0 Å². The van der Waals surface area contributed by atoms with E-state index in [9.17, 15) is 9.59 Å². The molecule has 0 unspecified atom stereocenters. The summed E-state index contributed by atoms with van der Waals surface area (Å²) < 4.78 is 4.37. The first-order chi connectivity index (χ1) is 4.68. The molecule has 0 aliphatic rings. The van der Waals surface area contributed by atoms with Gasteiger partial charge in [-0.2, -0.15) is 0 Å². The molecule has 0 aromatic heterocycles. The molecule has 0 saturated carbocycles. The first-order valence-corrected chi connectivity index (χ1v) is 3.05. The summed E-state index contributed by atoms with van der Waals surface area (Å²) >= 11 is 0. The molecule has 56 valence electrons. The fraction of sp³-hybridized carbons (Fsp3) is 0.429. The summed E-state index contributed by atoms with van der Waals surface area (Å²) in [4.78, 5) is 20.6. The number of ketones is 1. The highest BCUT2D eigenvalue weighted by Gasteiger charge is 2.05. The highest BCUT2D eigenvalue weighted by Crippen LogP contribution is 1.84. The summed E-state index contributed by atoms with van der Waals surface area (Å²) in [6.07, 6.45) is 3.66. The van der Waals surface area contributed by atoms with Gasteiger partial charge in [-0.3, -0.25) is 4.79 Å². The number of hydrogen-bond acceptors (Lipinski definition) is 3. The molecule has 0 fully saturated rings. The standard InChI is InChI=1S/C7H10O3/c1-3-4-5-10-7(9)6(2)8/h4-5H,3H2,1-2H3/b5-4+. The molecule has 0 aliphatic carbocycles. The van der Waals surface area contributed by atoms with Gasteiger partial charge in [-0.05, 0) is 12.5 Å². The lowest BCUT2D eigenvalue weighted by atomic mass is 10.4. The summed E-state index contributed by atoms with van der Waals surface area (Å²) in [6, 6.07) is 0. The van der Waals surface area contributed by atoms with E-state index in [1.54, 1.807) is 6.08 Å². The molecule has 10 heavy (non-hydrogen) atoms. The third kappa shape index (κ3) is 3.83. The van der Waals surface area contributed by atoms with Gasteiger partial charge in [-0.1, -0.05) is 6.92 Å². The van der Waals surface area contributed by atoms with E-state index in [0.717, 1.165) is 6.42 Å². The Labute approximate surface area is 59.7 Å². The third-order valence-electron chi connectivity index (χ3n) is 0.794. The van der Waals surface area contributed by atoms with Gasteiger partial charge in [0, 0.05) is 6.92 Å². The maximum atomic E-state index is 10.4. The van der Waals surface area contributed by atoms with E-state index < -0.39 is 11.8 Å². The molecule has 0 amide bonds. The van der Waals surface area contributed by atoms with Crippen LogP contribution < -0.4 is 0 Å². The fourth-order valence-electron chi connectivity index (χ4n) is 0.289. The van der Waals surface area contributed by atoms with Crippen LogP contribution in [0, 0.1) is 0 Å². The minimum Gasteiger partial charge on any atom is -0.429 e. The average Bonchev–Trinajstić information content (AvgIpc) is 1.88. The minimum absolute atomic E-state index is 0.583. The second kappa shape index (κ2) is 4.73. The molecule has 0 rings (SSSR count).